The molecular weight excluding hydrogens is 518 g/mol. The van der Waals surface area contributed by atoms with E-state index >= 15 is 0 Å². The van der Waals surface area contributed by atoms with Crippen LogP contribution in [0.25, 0.3) is 10.4 Å². The number of aliphatic carboxylic acids is 1. The second-order valence-electron chi connectivity index (χ2n) is 6.54. The molecular formula is C21H18BrN3O5S2. The van der Waals surface area contributed by atoms with Crippen LogP contribution in [0.1, 0.15) is 38.3 Å². The van der Waals surface area contributed by atoms with Crippen LogP contribution in [-0.4, -0.2) is 40.3 Å². The zero-order chi connectivity index (χ0) is 23.3. The monoisotopic (exact) mass is 535 g/mol. The molecule has 32 heavy (non-hydrogen) atoms. The van der Waals surface area contributed by atoms with Gasteiger partial charge in [-0.3, -0.25) is 14.4 Å². The van der Waals surface area contributed by atoms with Crippen LogP contribution in [-0.2, 0) is 4.79 Å². The third kappa shape index (κ3) is 5.81. The number of rotatable bonds is 8. The van der Waals surface area contributed by atoms with Gasteiger partial charge in [0.1, 0.15) is 5.75 Å². The van der Waals surface area contributed by atoms with Crippen molar-refractivity contribution < 1.29 is 24.6 Å². The van der Waals surface area contributed by atoms with E-state index in [2.05, 4.69) is 31.8 Å². The second-order valence-corrected chi connectivity index (χ2v) is 9.41. The first-order valence-electron chi connectivity index (χ1n) is 9.27. The Kier molecular flexibility index (Phi) is 7.78. The Morgan fingerprint density at radius 1 is 1.06 bits per heavy atom. The summed E-state index contributed by atoms with van der Waals surface area (Å²) in [5, 5.41) is 27.5. The fourth-order valence-corrected chi connectivity index (χ4v) is 4.70. The Morgan fingerprint density at radius 2 is 1.72 bits per heavy atom. The Morgan fingerprint density at radius 3 is 2.38 bits per heavy atom. The first-order valence-corrected chi connectivity index (χ1v) is 11.8. The van der Waals surface area contributed by atoms with Gasteiger partial charge in [-0.2, -0.15) is 5.10 Å². The van der Waals surface area contributed by atoms with Crippen molar-refractivity contribution in [2.45, 2.75) is 13.3 Å². The molecule has 2 heterocycles. The van der Waals surface area contributed by atoms with Crippen LogP contribution in [0.5, 0.6) is 5.75 Å². The standard InChI is InChI=1S/C21H18BrN3O5S2/c1-11(14-10-31-19(18(14)28)12-2-4-13(22)5-3-12)24-25-21(30)16-7-6-15(32-16)20(29)23-9-8-17(26)27/h2-7,10,28H,8-9H2,1H3,(H,23,29)(H,25,30)(H,26,27). The van der Waals surface area contributed by atoms with Gasteiger partial charge in [0.05, 0.1) is 32.3 Å². The van der Waals surface area contributed by atoms with Gasteiger partial charge in [-0.05, 0) is 36.8 Å². The van der Waals surface area contributed by atoms with Crippen molar-refractivity contribution in [1.29, 1.82) is 0 Å². The lowest BCUT2D eigenvalue weighted by atomic mass is 10.1. The summed E-state index contributed by atoms with van der Waals surface area (Å²) in [6.45, 7) is 1.67. The molecule has 0 saturated heterocycles. The van der Waals surface area contributed by atoms with E-state index in [9.17, 15) is 19.5 Å². The third-order valence-electron chi connectivity index (χ3n) is 4.26. The van der Waals surface area contributed by atoms with Crippen molar-refractivity contribution in [3.63, 3.8) is 0 Å². The molecule has 0 bridgehead atoms. The maximum atomic E-state index is 12.4. The largest absolute Gasteiger partial charge is 0.506 e. The summed E-state index contributed by atoms with van der Waals surface area (Å²) < 4.78 is 0.937. The molecule has 0 saturated carbocycles. The number of benzene rings is 1. The first-order chi connectivity index (χ1) is 15.3. The van der Waals surface area contributed by atoms with Gasteiger partial charge in [0.25, 0.3) is 11.8 Å². The predicted molar refractivity (Wildman–Crippen MR) is 128 cm³/mol. The van der Waals surface area contributed by atoms with Gasteiger partial charge in [0.15, 0.2) is 0 Å². The van der Waals surface area contributed by atoms with Crippen molar-refractivity contribution in [1.82, 2.24) is 10.7 Å². The number of amides is 2. The first kappa shape index (κ1) is 23.6. The van der Waals surface area contributed by atoms with Crippen molar-refractivity contribution in [3.05, 3.63) is 61.6 Å². The Labute approximate surface area is 199 Å². The number of aromatic hydroxyl groups is 1. The number of hydrogen-bond acceptors (Lipinski definition) is 7. The number of hydrazone groups is 1. The molecule has 1 aromatic carbocycles. The average molecular weight is 536 g/mol. The highest BCUT2D eigenvalue weighted by atomic mass is 79.9. The normalized spacial score (nSPS) is 11.2. The maximum Gasteiger partial charge on any atom is 0.305 e. The molecule has 0 spiro atoms. The van der Waals surface area contributed by atoms with Crippen LogP contribution in [0.15, 0.2) is 51.4 Å². The Balaban J connectivity index is 1.65. The van der Waals surface area contributed by atoms with Crippen molar-refractivity contribution >= 4 is 62.1 Å². The topological polar surface area (TPSA) is 128 Å². The van der Waals surface area contributed by atoms with E-state index in [-0.39, 0.29) is 28.5 Å². The van der Waals surface area contributed by atoms with E-state index in [4.69, 9.17) is 5.11 Å². The van der Waals surface area contributed by atoms with Crippen LogP contribution in [0, 0.1) is 0 Å². The molecule has 0 atom stereocenters. The zero-order valence-electron chi connectivity index (χ0n) is 16.7. The molecule has 0 aliphatic heterocycles. The van der Waals surface area contributed by atoms with E-state index in [0.717, 1.165) is 21.4 Å². The summed E-state index contributed by atoms with van der Waals surface area (Å²) in [5.41, 5.74) is 4.24. The maximum absolute atomic E-state index is 12.4. The highest BCUT2D eigenvalue weighted by Gasteiger charge is 2.16. The van der Waals surface area contributed by atoms with Crippen molar-refractivity contribution in [2.24, 2.45) is 5.10 Å². The smallest absolute Gasteiger partial charge is 0.305 e. The average Bonchev–Trinajstić information content (AvgIpc) is 3.39. The van der Waals surface area contributed by atoms with E-state index in [1.165, 1.54) is 23.5 Å². The highest BCUT2D eigenvalue weighted by Crippen LogP contribution is 2.39. The number of carbonyl (C=O) groups is 3. The summed E-state index contributed by atoms with van der Waals surface area (Å²) in [5.74, 6) is -1.87. The summed E-state index contributed by atoms with van der Waals surface area (Å²) in [7, 11) is 0. The molecule has 11 heteroatoms. The van der Waals surface area contributed by atoms with Crippen molar-refractivity contribution in [3.8, 4) is 16.2 Å². The molecule has 0 aliphatic carbocycles. The van der Waals surface area contributed by atoms with Crippen molar-refractivity contribution in [2.75, 3.05) is 6.54 Å². The van der Waals surface area contributed by atoms with Crippen LogP contribution in [0.3, 0.4) is 0 Å². The number of hydrogen-bond donors (Lipinski definition) is 4. The third-order valence-corrected chi connectivity index (χ3v) is 6.89. The summed E-state index contributed by atoms with van der Waals surface area (Å²) >= 11 is 5.72. The number of nitrogens with one attached hydrogen (secondary N) is 2. The SMILES string of the molecule is CC(=NNC(=O)c1ccc(C(=O)NCCC(=O)O)s1)c1csc(-c2ccc(Br)cc2)c1O. The Bertz CT molecular complexity index is 1180. The Hall–Kier alpha value is -3.02. The predicted octanol–water partition coefficient (Wildman–Crippen LogP) is 4.30. The van der Waals surface area contributed by atoms with Gasteiger partial charge in [-0.25, -0.2) is 5.43 Å². The van der Waals surface area contributed by atoms with Gasteiger partial charge in [-0.1, -0.05) is 28.1 Å². The molecule has 3 aromatic rings. The lowest BCUT2D eigenvalue weighted by molar-refractivity contribution is -0.136. The molecule has 2 amide bonds. The number of carboxylic acid groups (broad SMARTS) is 1. The van der Waals surface area contributed by atoms with Gasteiger partial charge >= 0.3 is 5.97 Å². The van der Waals surface area contributed by atoms with Crippen LogP contribution >= 0.6 is 38.6 Å². The number of thiophene rings is 2. The fourth-order valence-electron chi connectivity index (χ4n) is 2.62. The molecule has 2 aromatic heterocycles. The van der Waals surface area contributed by atoms with E-state index in [1.807, 2.05) is 24.3 Å². The number of carboxylic acids is 1. The van der Waals surface area contributed by atoms with Crippen LogP contribution in [0.4, 0.5) is 0 Å². The minimum Gasteiger partial charge on any atom is -0.506 e. The number of nitrogens with zero attached hydrogens (tertiary/aromatic N) is 1. The minimum absolute atomic E-state index is 0.00343. The van der Waals surface area contributed by atoms with E-state index < -0.39 is 17.8 Å². The molecule has 166 valence electrons. The highest BCUT2D eigenvalue weighted by molar-refractivity contribution is 9.10. The summed E-state index contributed by atoms with van der Waals surface area (Å²) in [6, 6.07) is 10.5. The zero-order valence-corrected chi connectivity index (χ0v) is 19.9. The number of halogens is 1. The fraction of sp³-hybridized carbons (Fsp3) is 0.143. The second kappa shape index (κ2) is 10.5. The summed E-state index contributed by atoms with van der Waals surface area (Å²) in [6.07, 6.45) is -0.183. The lowest BCUT2D eigenvalue weighted by Crippen LogP contribution is -2.25. The molecule has 0 radical (unpaired) electrons. The molecule has 3 rings (SSSR count). The molecule has 0 aliphatic rings. The molecule has 0 unspecified atom stereocenters. The van der Waals surface area contributed by atoms with E-state index in [1.54, 1.807) is 12.3 Å². The molecule has 0 fully saturated rings. The van der Waals surface area contributed by atoms with Gasteiger partial charge in [0.2, 0.25) is 0 Å². The lowest BCUT2D eigenvalue weighted by Gasteiger charge is -2.03. The minimum atomic E-state index is -1.01. The van der Waals surface area contributed by atoms with Gasteiger partial charge in [-0.15, -0.1) is 22.7 Å². The molecule has 4 N–H and O–H groups in total. The summed E-state index contributed by atoms with van der Waals surface area (Å²) in [4.78, 5) is 36.2. The molecule has 8 nitrogen and oxygen atoms in total. The van der Waals surface area contributed by atoms with Gasteiger partial charge < -0.3 is 15.5 Å². The van der Waals surface area contributed by atoms with Crippen LogP contribution in [0.2, 0.25) is 0 Å². The van der Waals surface area contributed by atoms with Crippen LogP contribution < -0.4 is 10.7 Å². The van der Waals surface area contributed by atoms with E-state index in [0.29, 0.717) is 16.2 Å². The number of carbonyl (C=O) groups excluding carboxylic acids is 2. The van der Waals surface area contributed by atoms with Gasteiger partial charge in [0, 0.05) is 16.4 Å². The quantitative estimate of drug-likeness (QED) is 0.252.